The highest BCUT2D eigenvalue weighted by atomic mass is 35.5. The Labute approximate surface area is 157 Å². The van der Waals surface area contributed by atoms with Gasteiger partial charge in [-0.15, -0.1) is 0 Å². The highest BCUT2D eigenvalue weighted by molar-refractivity contribution is 6.30. The van der Waals surface area contributed by atoms with E-state index < -0.39 is 0 Å². The first kappa shape index (κ1) is 18.1. The second-order valence-electron chi connectivity index (χ2n) is 6.08. The molecule has 134 valence electrons. The van der Waals surface area contributed by atoms with Crippen molar-refractivity contribution < 1.29 is 4.79 Å². The van der Waals surface area contributed by atoms with Crippen LogP contribution in [0.3, 0.4) is 0 Å². The lowest BCUT2D eigenvalue weighted by molar-refractivity contribution is -0.117. The van der Waals surface area contributed by atoms with Gasteiger partial charge in [0.2, 0.25) is 5.91 Å². The topological polar surface area (TPSA) is 63.1 Å². The summed E-state index contributed by atoms with van der Waals surface area (Å²) in [6, 6.07) is 15.3. The van der Waals surface area contributed by atoms with Crippen molar-refractivity contribution in [3.05, 3.63) is 71.8 Å². The summed E-state index contributed by atoms with van der Waals surface area (Å²) in [5, 5.41) is 7.57. The van der Waals surface area contributed by atoms with Crippen LogP contribution in [0.5, 0.6) is 0 Å². The maximum absolute atomic E-state index is 12.3. The van der Waals surface area contributed by atoms with E-state index in [1.54, 1.807) is 29.2 Å². The van der Waals surface area contributed by atoms with Gasteiger partial charge in [0.25, 0.3) is 0 Å². The summed E-state index contributed by atoms with van der Waals surface area (Å²) in [5.74, 6) is -0.0825. The molecule has 0 aliphatic heterocycles. The number of hydrogen-bond acceptors (Lipinski definition) is 4. The molecule has 7 heteroatoms. The molecule has 0 spiro atoms. The van der Waals surface area contributed by atoms with Gasteiger partial charge < -0.3 is 5.32 Å². The summed E-state index contributed by atoms with van der Waals surface area (Å²) in [7, 11) is 1.92. The number of aromatic nitrogens is 3. The molecule has 0 aliphatic rings. The first-order valence-corrected chi connectivity index (χ1v) is 8.61. The molecule has 0 fully saturated rings. The molecule has 0 aliphatic carbocycles. The van der Waals surface area contributed by atoms with Gasteiger partial charge >= 0.3 is 0 Å². The van der Waals surface area contributed by atoms with Crippen LogP contribution in [0.2, 0.25) is 5.02 Å². The third kappa shape index (κ3) is 4.47. The summed E-state index contributed by atoms with van der Waals surface area (Å²) in [5.41, 5.74) is 2.76. The van der Waals surface area contributed by atoms with Crippen molar-refractivity contribution in [2.45, 2.75) is 13.0 Å². The smallest absolute Gasteiger partial charge is 0.238 e. The van der Waals surface area contributed by atoms with E-state index in [0.29, 0.717) is 10.7 Å². The minimum Gasteiger partial charge on any atom is -0.325 e. The number of halogens is 1. The number of rotatable bonds is 6. The number of amides is 1. The van der Waals surface area contributed by atoms with Crippen molar-refractivity contribution >= 4 is 23.2 Å². The first-order valence-electron chi connectivity index (χ1n) is 8.23. The predicted molar refractivity (Wildman–Crippen MR) is 102 cm³/mol. The standard InChI is InChI=1S/C19H20ClN5O/c1-14(15-6-8-18(9-7-15)25-13-21-12-22-25)24(2)11-19(26)23-17-5-3-4-16(20)10-17/h3-10,12-14H,11H2,1-2H3,(H,23,26). The lowest BCUT2D eigenvalue weighted by atomic mass is 10.1. The number of nitrogens with one attached hydrogen (secondary N) is 1. The van der Waals surface area contributed by atoms with Crippen LogP contribution >= 0.6 is 11.6 Å². The van der Waals surface area contributed by atoms with E-state index in [0.717, 1.165) is 11.3 Å². The first-order chi connectivity index (χ1) is 12.5. The normalized spacial score (nSPS) is 12.2. The molecule has 1 heterocycles. The molecular weight excluding hydrogens is 350 g/mol. The zero-order chi connectivity index (χ0) is 18.5. The van der Waals surface area contributed by atoms with Gasteiger partial charge in [0.15, 0.2) is 0 Å². The number of anilines is 1. The fraction of sp³-hybridized carbons (Fsp3) is 0.211. The fourth-order valence-corrected chi connectivity index (χ4v) is 2.82. The minimum atomic E-state index is -0.0825. The van der Waals surface area contributed by atoms with Gasteiger partial charge in [-0.05, 0) is 49.9 Å². The van der Waals surface area contributed by atoms with Crippen LogP contribution in [-0.2, 0) is 4.79 Å². The van der Waals surface area contributed by atoms with Gasteiger partial charge in [0.05, 0.1) is 12.2 Å². The number of carbonyl (C=O) groups excluding carboxylic acids is 1. The van der Waals surface area contributed by atoms with Crippen molar-refractivity contribution in [2.24, 2.45) is 0 Å². The van der Waals surface area contributed by atoms with E-state index in [4.69, 9.17) is 11.6 Å². The highest BCUT2D eigenvalue weighted by Gasteiger charge is 2.15. The molecule has 1 unspecified atom stereocenters. The Morgan fingerprint density at radius 2 is 2.04 bits per heavy atom. The molecule has 0 saturated heterocycles. The Kier molecular flexibility index (Phi) is 5.65. The second-order valence-corrected chi connectivity index (χ2v) is 6.52. The number of benzene rings is 2. The van der Waals surface area contributed by atoms with E-state index in [2.05, 4.69) is 22.3 Å². The van der Waals surface area contributed by atoms with Crippen LogP contribution in [0.25, 0.3) is 5.69 Å². The Morgan fingerprint density at radius 1 is 1.27 bits per heavy atom. The van der Waals surface area contributed by atoms with Crippen LogP contribution in [0.4, 0.5) is 5.69 Å². The van der Waals surface area contributed by atoms with Crippen LogP contribution in [0, 0.1) is 0 Å². The molecule has 1 atom stereocenters. The summed E-state index contributed by atoms with van der Waals surface area (Å²) in [6.07, 6.45) is 3.16. The van der Waals surface area contributed by atoms with Gasteiger partial charge in [-0.3, -0.25) is 9.69 Å². The molecule has 0 saturated carbocycles. The molecule has 0 bridgehead atoms. The van der Waals surface area contributed by atoms with Crippen molar-refractivity contribution in [3.63, 3.8) is 0 Å². The average Bonchev–Trinajstić information content (AvgIpc) is 3.15. The molecule has 1 N–H and O–H groups in total. The number of carbonyl (C=O) groups is 1. The van der Waals surface area contributed by atoms with E-state index in [-0.39, 0.29) is 18.5 Å². The van der Waals surface area contributed by atoms with Crippen molar-refractivity contribution in [1.29, 1.82) is 0 Å². The molecule has 3 aromatic rings. The fourth-order valence-electron chi connectivity index (χ4n) is 2.63. The number of hydrogen-bond donors (Lipinski definition) is 1. The molecule has 1 aromatic heterocycles. The molecule has 2 aromatic carbocycles. The van der Waals surface area contributed by atoms with Crippen LogP contribution in [-0.4, -0.2) is 39.2 Å². The number of nitrogens with zero attached hydrogens (tertiary/aromatic N) is 4. The van der Waals surface area contributed by atoms with Gasteiger partial charge in [-0.1, -0.05) is 29.8 Å². The van der Waals surface area contributed by atoms with E-state index in [9.17, 15) is 4.79 Å². The summed E-state index contributed by atoms with van der Waals surface area (Å²) in [6.45, 7) is 2.34. The summed E-state index contributed by atoms with van der Waals surface area (Å²) in [4.78, 5) is 18.2. The quantitative estimate of drug-likeness (QED) is 0.721. The van der Waals surface area contributed by atoms with Crippen molar-refractivity contribution in [1.82, 2.24) is 19.7 Å². The lowest BCUT2D eigenvalue weighted by Crippen LogP contribution is -2.32. The Bertz CT molecular complexity index is 864. The summed E-state index contributed by atoms with van der Waals surface area (Å²) < 4.78 is 1.70. The predicted octanol–water partition coefficient (Wildman–Crippen LogP) is 3.55. The van der Waals surface area contributed by atoms with Gasteiger partial charge in [-0.25, -0.2) is 9.67 Å². The maximum Gasteiger partial charge on any atom is 0.238 e. The van der Waals surface area contributed by atoms with Gasteiger partial charge in [-0.2, -0.15) is 5.10 Å². The molecule has 26 heavy (non-hydrogen) atoms. The minimum absolute atomic E-state index is 0.0825. The third-order valence-corrected chi connectivity index (χ3v) is 4.46. The Hall–Kier alpha value is -2.70. The van der Waals surface area contributed by atoms with Crippen LogP contribution in [0.1, 0.15) is 18.5 Å². The van der Waals surface area contributed by atoms with Crippen LogP contribution < -0.4 is 5.32 Å². The zero-order valence-corrected chi connectivity index (χ0v) is 15.4. The van der Waals surface area contributed by atoms with Crippen molar-refractivity contribution in [2.75, 3.05) is 18.9 Å². The number of likely N-dealkylation sites (N-methyl/N-ethyl adjacent to an activating group) is 1. The molecular formula is C19H20ClN5O. The zero-order valence-electron chi connectivity index (χ0n) is 14.6. The van der Waals surface area contributed by atoms with Gasteiger partial charge in [0, 0.05) is 16.8 Å². The molecule has 6 nitrogen and oxygen atoms in total. The second kappa shape index (κ2) is 8.12. The van der Waals surface area contributed by atoms with E-state index >= 15 is 0 Å². The lowest BCUT2D eigenvalue weighted by Gasteiger charge is -2.24. The molecule has 1 amide bonds. The Balaban J connectivity index is 1.60. The third-order valence-electron chi connectivity index (χ3n) is 4.22. The monoisotopic (exact) mass is 369 g/mol. The van der Waals surface area contributed by atoms with Crippen LogP contribution in [0.15, 0.2) is 61.2 Å². The average molecular weight is 370 g/mol. The van der Waals surface area contributed by atoms with Crippen molar-refractivity contribution in [3.8, 4) is 5.69 Å². The SMILES string of the molecule is CC(c1ccc(-n2cncn2)cc1)N(C)CC(=O)Nc1cccc(Cl)c1. The molecule has 3 rings (SSSR count). The maximum atomic E-state index is 12.3. The Morgan fingerprint density at radius 3 is 2.69 bits per heavy atom. The van der Waals surface area contributed by atoms with E-state index in [1.807, 2.05) is 42.3 Å². The largest absolute Gasteiger partial charge is 0.325 e. The highest BCUT2D eigenvalue weighted by Crippen LogP contribution is 2.20. The molecule has 0 radical (unpaired) electrons. The summed E-state index contributed by atoms with van der Waals surface area (Å²) >= 11 is 5.94. The van der Waals surface area contributed by atoms with E-state index in [1.165, 1.54) is 6.33 Å². The van der Waals surface area contributed by atoms with Gasteiger partial charge in [0.1, 0.15) is 12.7 Å².